The molecule has 8 heteroatoms. The lowest BCUT2D eigenvalue weighted by Gasteiger charge is -2.14. The van der Waals surface area contributed by atoms with Gasteiger partial charge >= 0.3 is 5.97 Å². The van der Waals surface area contributed by atoms with Gasteiger partial charge in [0.25, 0.3) is 0 Å². The first-order valence-electron chi connectivity index (χ1n) is 11.0. The average Bonchev–Trinajstić information content (AvgIpc) is 2.86. The molecule has 35 heavy (non-hydrogen) atoms. The van der Waals surface area contributed by atoms with Crippen LogP contribution < -0.4 is 9.47 Å². The first-order chi connectivity index (χ1) is 16.9. The Morgan fingerprint density at radius 1 is 0.743 bits per heavy atom. The lowest BCUT2D eigenvalue weighted by molar-refractivity contribution is -0.153. The second-order valence-corrected chi connectivity index (χ2v) is 8.43. The van der Waals surface area contributed by atoms with Gasteiger partial charge in [0.05, 0.1) is 12.2 Å². The third-order valence-electron chi connectivity index (χ3n) is 4.96. The fourth-order valence-corrected chi connectivity index (χ4v) is 3.36. The summed E-state index contributed by atoms with van der Waals surface area (Å²) in [5.74, 6) is -1.21. The fourth-order valence-electron chi connectivity index (χ4n) is 3.11. The molecule has 3 aromatic carbocycles. The van der Waals surface area contributed by atoms with Crippen LogP contribution in [-0.2, 0) is 27.5 Å². The summed E-state index contributed by atoms with van der Waals surface area (Å²) >= 11 is 11.9. The molecule has 0 saturated carbocycles. The zero-order valence-corrected chi connectivity index (χ0v) is 20.6. The third kappa shape index (κ3) is 8.12. The number of rotatable bonds is 12. The van der Waals surface area contributed by atoms with Crippen molar-refractivity contribution < 1.29 is 28.6 Å². The summed E-state index contributed by atoms with van der Waals surface area (Å²) in [7, 11) is 0. The summed E-state index contributed by atoms with van der Waals surface area (Å²) in [4.78, 5) is 36.3. The van der Waals surface area contributed by atoms with Crippen LogP contribution in [0.15, 0.2) is 66.7 Å². The van der Waals surface area contributed by atoms with Gasteiger partial charge in [0.2, 0.25) is 5.78 Å². The molecular weight excluding hydrogens is 491 g/mol. The van der Waals surface area contributed by atoms with Crippen molar-refractivity contribution in [3.63, 3.8) is 0 Å². The summed E-state index contributed by atoms with van der Waals surface area (Å²) in [5, 5.41) is 1.24. The van der Waals surface area contributed by atoms with E-state index in [1.807, 2.05) is 24.3 Å². The lowest BCUT2D eigenvalue weighted by atomic mass is 10.0. The van der Waals surface area contributed by atoms with Crippen LogP contribution in [0.1, 0.15) is 41.3 Å². The van der Waals surface area contributed by atoms with Gasteiger partial charge in [-0.2, -0.15) is 0 Å². The number of hydrogen-bond donors (Lipinski definition) is 0. The SMILES string of the molecule is CCOC(=O)C(=O)CCC(=O)c1ccc(OCc2ccc(Cl)cc2)cc1OCc1ccc(Cl)cc1. The molecule has 0 radical (unpaired) electrons. The fraction of sp³-hybridized carbons (Fsp3) is 0.222. The minimum Gasteiger partial charge on any atom is -0.489 e. The number of ether oxygens (including phenoxy) is 3. The number of esters is 1. The van der Waals surface area contributed by atoms with Crippen molar-refractivity contribution >= 4 is 40.7 Å². The topological polar surface area (TPSA) is 78.9 Å². The molecule has 0 amide bonds. The van der Waals surface area contributed by atoms with Crippen molar-refractivity contribution in [2.24, 2.45) is 0 Å². The van der Waals surface area contributed by atoms with Crippen LogP contribution in [0.4, 0.5) is 0 Å². The van der Waals surface area contributed by atoms with Crippen LogP contribution in [0.3, 0.4) is 0 Å². The van der Waals surface area contributed by atoms with Crippen LogP contribution in [0.25, 0.3) is 0 Å². The van der Waals surface area contributed by atoms with E-state index >= 15 is 0 Å². The second-order valence-electron chi connectivity index (χ2n) is 7.56. The summed E-state index contributed by atoms with van der Waals surface area (Å²) in [6.07, 6.45) is -0.400. The number of ketones is 2. The molecule has 0 unspecified atom stereocenters. The van der Waals surface area contributed by atoms with Gasteiger partial charge in [-0.1, -0.05) is 47.5 Å². The number of carbonyl (C=O) groups is 3. The van der Waals surface area contributed by atoms with Gasteiger partial charge in [0.1, 0.15) is 24.7 Å². The maximum absolute atomic E-state index is 12.9. The Hall–Kier alpha value is -3.35. The number of halogens is 2. The molecule has 0 N–H and O–H groups in total. The van der Waals surface area contributed by atoms with E-state index in [-0.39, 0.29) is 37.4 Å². The molecule has 0 atom stereocenters. The zero-order chi connectivity index (χ0) is 25.2. The van der Waals surface area contributed by atoms with E-state index in [0.29, 0.717) is 28.2 Å². The van der Waals surface area contributed by atoms with Gasteiger partial charge < -0.3 is 14.2 Å². The largest absolute Gasteiger partial charge is 0.489 e. The maximum atomic E-state index is 12.9. The van der Waals surface area contributed by atoms with Gasteiger partial charge in [-0.15, -0.1) is 0 Å². The van der Waals surface area contributed by atoms with Gasteiger partial charge in [0.15, 0.2) is 5.78 Å². The monoisotopic (exact) mass is 514 g/mol. The van der Waals surface area contributed by atoms with Gasteiger partial charge in [0, 0.05) is 29.0 Å². The molecule has 0 aliphatic carbocycles. The summed E-state index contributed by atoms with van der Waals surface area (Å²) in [6.45, 7) is 2.20. The second kappa shape index (κ2) is 12.9. The standard InChI is InChI=1S/C27H24Cl2O6/c1-2-33-27(32)25(31)14-13-24(30)23-12-11-22(34-16-18-3-7-20(28)8-4-18)15-26(23)35-17-19-5-9-21(29)10-6-19/h3-12,15H,2,13-14,16-17H2,1H3. The van der Waals surface area contributed by atoms with E-state index in [1.54, 1.807) is 49.4 Å². The van der Waals surface area contributed by atoms with Crippen molar-refractivity contribution in [1.82, 2.24) is 0 Å². The smallest absolute Gasteiger partial charge is 0.374 e. The predicted molar refractivity (Wildman–Crippen MR) is 133 cm³/mol. The summed E-state index contributed by atoms with van der Waals surface area (Å²) < 4.78 is 16.5. The molecule has 0 aliphatic rings. The van der Waals surface area contributed by atoms with Gasteiger partial charge in [-0.3, -0.25) is 9.59 Å². The average molecular weight is 515 g/mol. The normalized spacial score (nSPS) is 10.5. The Bertz CT molecular complexity index is 1170. The van der Waals surface area contributed by atoms with E-state index < -0.39 is 11.8 Å². The Kier molecular flexibility index (Phi) is 9.70. The van der Waals surface area contributed by atoms with Crippen LogP contribution in [0.2, 0.25) is 10.0 Å². The molecular formula is C27H24Cl2O6. The van der Waals surface area contributed by atoms with Gasteiger partial charge in [-0.25, -0.2) is 4.79 Å². The molecule has 6 nitrogen and oxygen atoms in total. The molecule has 182 valence electrons. The van der Waals surface area contributed by atoms with Crippen LogP contribution in [-0.4, -0.2) is 24.1 Å². The highest BCUT2D eigenvalue weighted by molar-refractivity contribution is 6.34. The molecule has 0 fully saturated rings. The molecule has 0 aromatic heterocycles. The van der Waals surface area contributed by atoms with E-state index in [9.17, 15) is 14.4 Å². The molecule has 0 saturated heterocycles. The number of carbonyl (C=O) groups excluding carboxylic acids is 3. The third-order valence-corrected chi connectivity index (χ3v) is 5.47. The Labute approximate surface area is 213 Å². The van der Waals surface area contributed by atoms with Crippen molar-refractivity contribution in [2.45, 2.75) is 33.0 Å². The zero-order valence-electron chi connectivity index (χ0n) is 19.1. The van der Waals surface area contributed by atoms with Gasteiger partial charge in [-0.05, 0) is 54.4 Å². The summed E-state index contributed by atoms with van der Waals surface area (Å²) in [6, 6.07) is 19.3. The molecule has 3 rings (SSSR count). The lowest BCUT2D eigenvalue weighted by Crippen LogP contribution is -2.18. The Morgan fingerprint density at radius 2 is 1.31 bits per heavy atom. The first kappa shape index (κ1) is 26.3. The number of benzene rings is 3. The molecule has 0 heterocycles. The molecule has 0 spiro atoms. The maximum Gasteiger partial charge on any atom is 0.374 e. The summed E-state index contributed by atoms with van der Waals surface area (Å²) in [5.41, 5.74) is 2.07. The van der Waals surface area contributed by atoms with E-state index in [2.05, 4.69) is 4.74 Å². The van der Waals surface area contributed by atoms with Crippen molar-refractivity contribution in [2.75, 3.05) is 6.61 Å². The molecule has 0 aliphatic heterocycles. The van der Waals surface area contributed by atoms with Crippen molar-refractivity contribution in [1.29, 1.82) is 0 Å². The molecule has 3 aromatic rings. The van der Waals surface area contributed by atoms with Crippen LogP contribution >= 0.6 is 23.2 Å². The quantitative estimate of drug-likeness (QED) is 0.161. The van der Waals surface area contributed by atoms with Crippen LogP contribution in [0, 0.1) is 0 Å². The van der Waals surface area contributed by atoms with Crippen LogP contribution in [0.5, 0.6) is 11.5 Å². The minimum atomic E-state index is -0.939. The van der Waals surface area contributed by atoms with E-state index in [0.717, 1.165) is 11.1 Å². The highest BCUT2D eigenvalue weighted by Gasteiger charge is 2.20. The van der Waals surface area contributed by atoms with Crippen molar-refractivity contribution in [3.05, 3.63) is 93.5 Å². The Balaban J connectivity index is 1.74. The number of hydrogen-bond acceptors (Lipinski definition) is 6. The van der Waals surface area contributed by atoms with E-state index in [1.165, 1.54) is 0 Å². The predicted octanol–water partition coefficient (Wildman–Crippen LogP) is 6.25. The highest BCUT2D eigenvalue weighted by atomic mass is 35.5. The highest BCUT2D eigenvalue weighted by Crippen LogP contribution is 2.28. The minimum absolute atomic E-state index is 0.0959. The number of Topliss-reactive ketones (excluding diaryl/α,β-unsaturated/α-hetero) is 2. The van der Waals surface area contributed by atoms with E-state index in [4.69, 9.17) is 32.7 Å². The molecule has 0 bridgehead atoms. The van der Waals surface area contributed by atoms with Crippen molar-refractivity contribution in [3.8, 4) is 11.5 Å². The Morgan fingerprint density at radius 3 is 1.89 bits per heavy atom. The first-order valence-corrected chi connectivity index (χ1v) is 11.7.